The maximum absolute atomic E-state index is 12.9. The van der Waals surface area contributed by atoms with Crippen LogP contribution in [-0.2, 0) is 14.3 Å². The minimum atomic E-state index is -2.80. The van der Waals surface area contributed by atoms with Gasteiger partial charge in [-0.2, -0.15) is 0 Å². The third kappa shape index (κ3) is 2.64. The van der Waals surface area contributed by atoms with Gasteiger partial charge in [0.2, 0.25) is 0 Å². The number of fused-ring (bicyclic) bond motifs is 1. The number of halogens is 2. The minimum Gasteiger partial charge on any atom is -0.358 e. The fourth-order valence-corrected chi connectivity index (χ4v) is 3.53. The number of nitrogens with one attached hydrogen (secondary N) is 1. The molecule has 2 aliphatic rings. The lowest BCUT2D eigenvalue weighted by molar-refractivity contribution is -0.159. The molecule has 0 amide bonds. The Morgan fingerprint density at radius 3 is 2.63 bits per heavy atom. The highest BCUT2D eigenvalue weighted by atomic mass is 32.2. The number of carbonyl (C=O) groups is 2. The van der Waals surface area contributed by atoms with E-state index in [-0.39, 0.29) is 0 Å². The zero-order chi connectivity index (χ0) is 14.0. The normalized spacial score (nSPS) is 40.0. The van der Waals surface area contributed by atoms with Crippen LogP contribution in [0.3, 0.4) is 0 Å². The van der Waals surface area contributed by atoms with Crippen LogP contribution in [-0.4, -0.2) is 48.3 Å². The molecule has 0 aromatic carbocycles. The number of alkyl halides is 2. The van der Waals surface area contributed by atoms with E-state index in [4.69, 9.17) is 4.74 Å². The molecule has 2 rings (SSSR count). The standard InChI is InChI=1S/C11H14F2N2O3S/c1-2-14-11-15-7-5(3-16)6(4-17)8(9(12)13)18-10(7)19-11/h3-10H,2H2,1H3,(H,14,15)/t5-,6-,7-,8+,10-/m1/s1. The van der Waals surface area contributed by atoms with E-state index >= 15 is 0 Å². The van der Waals surface area contributed by atoms with Gasteiger partial charge in [-0.3, -0.25) is 4.99 Å². The lowest BCUT2D eigenvalue weighted by Gasteiger charge is -2.38. The lowest BCUT2D eigenvalue weighted by Crippen LogP contribution is -2.55. The molecule has 0 aromatic rings. The molecule has 2 saturated heterocycles. The number of carbonyl (C=O) groups excluding carboxylic acids is 2. The van der Waals surface area contributed by atoms with Crippen LogP contribution in [0.15, 0.2) is 4.99 Å². The van der Waals surface area contributed by atoms with Gasteiger partial charge in [0.1, 0.15) is 24.1 Å². The second-order valence-electron chi connectivity index (χ2n) is 4.30. The Morgan fingerprint density at radius 2 is 2.11 bits per heavy atom. The van der Waals surface area contributed by atoms with Crippen LogP contribution < -0.4 is 5.32 Å². The fourth-order valence-electron chi connectivity index (χ4n) is 2.32. The minimum absolute atomic E-state index is 0.382. The average molecular weight is 292 g/mol. The predicted octanol–water partition coefficient (Wildman–Crippen LogP) is 0.687. The molecule has 19 heavy (non-hydrogen) atoms. The maximum atomic E-state index is 12.9. The van der Waals surface area contributed by atoms with Crippen LogP contribution in [0.25, 0.3) is 0 Å². The molecule has 0 bridgehead atoms. The second kappa shape index (κ2) is 5.96. The lowest BCUT2D eigenvalue weighted by atomic mass is 9.82. The van der Waals surface area contributed by atoms with E-state index in [1.165, 1.54) is 11.8 Å². The first kappa shape index (κ1) is 14.4. The molecule has 0 aliphatic carbocycles. The van der Waals surface area contributed by atoms with Crippen molar-refractivity contribution in [2.24, 2.45) is 16.8 Å². The molecule has 0 aromatic heterocycles. The highest BCUT2D eigenvalue weighted by Crippen LogP contribution is 2.40. The number of ether oxygens (including phenoxy) is 1. The second-order valence-corrected chi connectivity index (χ2v) is 5.38. The summed E-state index contributed by atoms with van der Waals surface area (Å²) in [5, 5.41) is 3.53. The number of aliphatic imine (C=N–C) groups is 1. The van der Waals surface area contributed by atoms with Crippen molar-refractivity contribution in [2.45, 2.75) is 30.9 Å². The summed E-state index contributed by atoms with van der Waals surface area (Å²) in [5.41, 5.74) is -0.615. The van der Waals surface area contributed by atoms with Gasteiger partial charge in [0.15, 0.2) is 5.17 Å². The summed E-state index contributed by atoms with van der Waals surface area (Å²) in [6.07, 6.45) is -3.40. The Labute approximate surface area is 113 Å². The first-order valence-corrected chi connectivity index (χ1v) is 6.82. The quantitative estimate of drug-likeness (QED) is 0.772. The van der Waals surface area contributed by atoms with Crippen LogP contribution in [0.5, 0.6) is 0 Å². The first-order valence-electron chi connectivity index (χ1n) is 5.94. The van der Waals surface area contributed by atoms with Gasteiger partial charge >= 0.3 is 0 Å². The molecule has 0 radical (unpaired) electrons. The topological polar surface area (TPSA) is 67.8 Å². The Bertz CT molecular complexity index is 394. The van der Waals surface area contributed by atoms with Gasteiger partial charge in [0.25, 0.3) is 6.43 Å². The molecule has 2 heterocycles. The molecule has 106 valence electrons. The highest BCUT2D eigenvalue weighted by Gasteiger charge is 2.52. The smallest absolute Gasteiger partial charge is 0.265 e. The Hall–Kier alpha value is -1.02. The summed E-state index contributed by atoms with van der Waals surface area (Å²) < 4.78 is 31.1. The van der Waals surface area contributed by atoms with E-state index in [2.05, 4.69) is 10.3 Å². The van der Waals surface area contributed by atoms with Gasteiger partial charge in [0, 0.05) is 6.54 Å². The summed E-state index contributed by atoms with van der Waals surface area (Å²) in [6.45, 7) is 2.38. The molecular formula is C11H14F2N2O3S. The van der Waals surface area contributed by atoms with Crippen molar-refractivity contribution in [1.29, 1.82) is 0 Å². The van der Waals surface area contributed by atoms with Crippen molar-refractivity contribution in [3.05, 3.63) is 0 Å². The number of aldehydes is 2. The number of hydrogen-bond donors (Lipinski definition) is 1. The molecule has 1 N–H and O–H groups in total. The van der Waals surface area contributed by atoms with E-state index in [0.717, 1.165) is 0 Å². The maximum Gasteiger partial charge on any atom is 0.265 e. The third-order valence-corrected chi connectivity index (χ3v) is 4.31. The molecule has 2 aliphatic heterocycles. The summed E-state index contributed by atoms with van der Waals surface area (Å²) >= 11 is 1.18. The molecular weight excluding hydrogens is 278 g/mol. The average Bonchev–Trinajstić information content (AvgIpc) is 2.78. The molecule has 0 saturated carbocycles. The van der Waals surface area contributed by atoms with Crippen LogP contribution in [0.2, 0.25) is 0 Å². The van der Waals surface area contributed by atoms with Crippen molar-refractivity contribution in [3.8, 4) is 0 Å². The van der Waals surface area contributed by atoms with Gasteiger partial charge in [-0.05, 0) is 6.92 Å². The van der Waals surface area contributed by atoms with Crippen molar-refractivity contribution >= 4 is 29.5 Å². The summed E-state index contributed by atoms with van der Waals surface area (Å²) in [5.74, 6) is -1.96. The van der Waals surface area contributed by atoms with Gasteiger partial charge in [0.05, 0.1) is 17.9 Å². The monoisotopic (exact) mass is 292 g/mol. The van der Waals surface area contributed by atoms with E-state index in [0.29, 0.717) is 24.3 Å². The summed E-state index contributed by atoms with van der Waals surface area (Å²) in [4.78, 5) is 26.3. The Kier molecular flexibility index (Phi) is 4.51. The zero-order valence-electron chi connectivity index (χ0n) is 10.2. The fraction of sp³-hybridized carbons (Fsp3) is 0.727. The summed E-state index contributed by atoms with van der Waals surface area (Å²) in [7, 11) is 0. The number of rotatable bonds is 4. The van der Waals surface area contributed by atoms with Crippen LogP contribution in [0.1, 0.15) is 6.92 Å². The first-order chi connectivity index (χ1) is 9.12. The van der Waals surface area contributed by atoms with Gasteiger partial charge < -0.3 is 19.6 Å². The summed E-state index contributed by atoms with van der Waals surface area (Å²) in [6, 6.07) is -0.488. The number of thioether (sulfide) groups is 1. The molecule has 5 atom stereocenters. The van der Waals surface area contributed by atoms with E-state index in [1.54, 1.807) is 0 Å². The molecule has 8 heteroatoms. The largest absolute Gasteiger partial charge is 0.358 e. The number of amidine groups is 1. The molecule has 0 unspecified atom stereocenters. The zero-order valence-corrected chi connectivity index (χ0v) is 11.0. The van der Waals surface area contributed by atoms with Crippen molar-refractivity contribution in [1.82, 2.24) is 5.32 Å². The van der Waals surface area contributed by atoms with Crippen molar-refractivity contribution < 1.29 is 23.1 Å². The van der Waals surface area contributed by atoms with Crippen molar-refractivity contribution in [2.75, 3.05) is 6.54 Å². The van der Waals surface area contributed by atoms with Crippen LogP contribution in [0, 0.1) is 11.8 Å². The van der Waals surface area contributed by atoms with Gasteiger partial charge in [-0.15, -0.1) is 0 Å². The Morgan fingerprint density at radius 1 is 1.42 bits per heavy atom. The highest BCUT2D eigenvalue weighted by molar-refractivity contribution is 8.14. The number of nitrogens with zero attached hydrogens (tertiary/aromatic N) is 1. The van der Waals surface area contributed by atoms with E-state index < -0.39 is 35.8 Å². The van der Waals surface area contributed by atoms with Crippen LogP contribution in [0.4, 0.5) is 8.78 Å². The van der Waals surface area contributed by atoms with Crippen molar-refractivity contribution in [3.63, 3.8) is 0 Å². The van der Waals surface area contributed by atoms with Gasteiger partial charge in [-0.1, -0.05) is 11.8 Å². The molecule has 5 nitrogen and oxygen atoms in total. The van der Waals surface area contributed by atoms with Gasteiger partial charge in [-0.25, -0.2) is 8.78 Å². The SMILES string of the molecule is CCN=C1N[C@@H]2[C@H](C=O)[C@@H](C=O)[C@@H](C(F)F)O[C@@H]2S1. The number of hydrogen-bond acceptors (Lipinski definition) is 5. The molecule has 2 fully saturated rings. The Balaban J connectivity index is 2.25. The molecule has 0 spiro atoms. The van der Waals surface area contributed by atoms with E-state index in [9.17, 15) is 18.4 Å². The van der Waals surface area contributed by atoms with E-state index in [1.807, 2.05) is 6.92 Å². The third-order valence-electron chi connectivity index (χ3n) is 3.21. The van der Waals surface area contributed by atoms with Crippen LogP contribution >= 0.6 is 11.8 Å². The predicted molar refractivity (Wildman–Crippen MR) is 66.3 cm³/mol.